The Morgan fingerprint density at radius 1 is 1.06 bits per heavy atom. The predicted molar refractivity (Wildman–Crippen MR) is 71.5 cm³/mol. The molecule has 2 nitrogen and oxygen atoms in total. The van der Waals surface area contributed by atoms with Gasteiger partial charge in [0.25, 0.3) is 0 Å². The molecule has 0 aromatic heterocycles. The van der Waals surface area contributed by atoms with E-state index in [2.05, 4.69) is 11.8 Å². The molecule has 0 fully saturated rings. The van der Waals surface area contributed by atoms with Crippen LogP contribution in [-0.2, 0) is 4.79 Å². The van der Waals surface area contributed by atoms with E-state index in [1.165, 1.54) is 6.92 Å². The summed E-state index contributed by atoms with van der Waals surface area (Å²) < 4.78 is 0. The van der Waals surface area contributed by atoms with Crippen LogP contribution in [-0.4, -0.2) is 11.6 Å². The number of carbonyl (C=O) groups is 2. The Morgan fingerprint density at radius 2 is 1.83 bits per heavy atom. The average molecular weight is 236 g/mol. The van der Waals surface area contributed by atoms with Crippen LogP contribution in [0.25, 0.3) is 10.8 Å². The first kappa shape index (κ1) is 12.1. The Balaban J connectivity index is 2.62. The third kappa shape index (κ3) is 2.46. The molecule has 18 heavy (non-hydrogen) atoms. The van der Waals surface area contributed by atoms with Crippen LogP contribution in [0, 0.1) is 11.8 Å². The smallest absolute Gasteiger partial charge is 0.202 e. The van der Waals surface area contributed by atoms with Crippen LogP contribution in [0.3, 0.4) is 0 Å². The normalized spacial score (nSPS) is 9.67. The molecular formula is C16H12O2. The molecule has 0 bridgehead atoms. The van der Waals surface area contributed by atoms with Gasteiger partial charge in [-0.15, -0.1) is 0 Å². The number of hydrogen-bond acceptors (Lipinski definition) is 2. The zero-order chi connectivity index (χ0) is 13.1. The van der Waals surface area contributed by atoms with E-state index in [0.29, 0.717) is 5.56 Å². The Kier molecular flexibility index (Phi) is 3.25. The van der Waals surface area contributed by atoms with E-state index in [4.69, 9.17) is 0 Å². The van der Waals surface area contributed by atoms with Crippen molar-refractivity contribution in [2.24, 2.45) is 0 Å². The van der Waals surface area contributed by atoms with Gasteiger partial charge in [-0.2, -0.15) is 0 Å². The summed E-state index contributed by atoms with van der Waals surface area (Å²) in [6, 6.07) is 11.2. The zero-order valence-corrected chi connectivity index (χ0v) is 10.3. The topological polar surface area (TPSA) is 34.1 Å². The quantitative estimate of drug-likeness (QED) is 0.563. The zero-order valence-electron chi connectivity index (χ0n) is 10.3. The van der Waals surface area contributed by atoms with Crippen LogP contribution in [0.15, 0.2) is 36.4 Å². The van der Waals surface area contributed by atoms with Crippen LogP contribution in [0.2, 0.25) is 0 Å². The van der Waals surface area contributed by atoms with Gasteiger partial charge in [0.1, 0.15) is 0 Å². The summed E-state index contributed by atoms with van der Waals surface area (Å²) in [6.45, 7) is 2.98. The number of ketones is 2. The fraction of sp³-hybridized carbons (Fsp3) is 0.125. The van der Waals surface area contributed by atoms with Gasteiger partial charge in [0, 0.05) is 18.1 Å². The molecule has 0 radical (unpaired) electrons. The monoisotopic (exact) mass is 236 g/mol. The van der Waals surface area contributed by atoms with Crippen LogP contribution in [0.5, 0.6) is 0 Å². The van der Waals surface area contributed by atoms with Crippen molar-refractivity contribution in [1.82, 2.24) is 0 Å². The van der Waals surface area contributed by atoms with Crippen LogP contribution in [0.4, 0.5) is 0 Å². The van der Waals surface area contributed by atoms with Crippen molar-refractivity contribution in [3.05, 3.63) is 47.5 Å². The Hall–Kier alpha value is -2.40. The maximum atomic E-state index is 11.3. The van der Waals surface area contributed by atoms with Crippen molar-refractivity contribution >= 4 is 22.3 Å². The number of fused-ring (bicyclic) bond motifs is 1. The highest BCUT2D eigenvalue weighted by Crippen LogP contribution is 2.20. The predicted octanol–water partition coefficient (Wildman–Crippen LogP) is 2.98. The molecule has 0 N–H and O–H groups in total. The van der Waals surface area contributed by atoms with E-state index in [1.807, 2.05) is 30.3 Å². The number of rotatable bonds is 1. The highest BCUT2D eigenvalue weighted by atomic mass is 16.1. The summed E-state index contributed by atoms with van der Waals surface area (Å²) in [5.41, 5.74) is 1.48. The van der Waals surface area contributed by atoms with Gasteiger partial charge in [-0.05, 0) is 35.7 Å². The summed E-state index contributed by atoms with van der Waals surface area (Å²) in [5.74, 6) is 5.27. The highest BCUT2D eigenvalue weighted by molar-refractivity contribution is 6.00. The molecule has 2 aromatic carbocycles. The summed E-state index contributed by atoms with van der Waals surface area (Å²) in [4.78, 5) is 22.2. The molecule has 88 valence electrons. The number of benzene rings is 2. The van der Waals surface area contributed by atoms with Crippen LogP contribution in [0.1, 0.15) is 29.8 Å². The molecule has 2 heteroatoms. The molecular weight excluding hydrogens is 224 g/mol. The van der Waals surface area contributed by atoms with Crippen LogP contribution >= 0.6 is 0 Å². The van der Waals surface area contributed by atoms with Crippen molar-refractivity contribution in [1.29, 1.82) is 0 Å². The van der Waals surface area contributed by atoms with Crippen molar-refractivity contribution in [3.63, 3.8) is 0 Å². The lowest BCUT2D eigenvalue weighted by Gasteiger charge is -2.02. The third-order valence-corrected chi connectivity index (χ3v) is 2.66. The van der Waals surface area contributed by atoms with E-state index in [0.717, 1.165) is 16.3 Å². The molecule has 0 atom stereocenters. The fourth-order valence-corrected chi connectivity index (χ4v) is 1.77. The molecule has 0 unspecified atom stereocenters. The van der Waals surface area contributed by atoms with Gasteiger partial charge in [0.2, 0.25) is 5.78 Å². The number of carbonyl (C=O) groups excluding carboxylic acids is 2. The van der Waals surface area contributed by atoms with Gasteiger partial charge in [-0.25, -0.2) is 0 Å². The van der Waals surface area contributed by atoms with E-state index in [9.17, 15) is 9.59 Å². The Bertz CT molecular complexity index is 700. The summed E-state index contributed by atoms with van der Waals surface area (Å²) in [6.07, 6.45) is 0. The second kappa shape index (κ2) is 4.85. The largest absolute Gasteiger partial charge is 0.295 e. The van der Waals surface area contributed by atoms with Crippen molar-refractivity contribution in [2.75, 3.05) is 0 Å². The van der Waals surface area contributed by atoms with Gasteiger partial charge < -0.3 is 0 Å². The minimum atomic E-state index is -0.160. The SMILES string of the molecule is CC(=O)C#Cc1cccc2cc(C(C)=O)ccc12. The molecule has 0 saturated heterocycles. The van der Waals surface area contributed by atoms with E-state index < -0.39 is 0 Å². The van der Waals surface area contributed by atoms with Gasteiger partial charge in [-0.3, -0.25) is 9.59 Å². The van der Waals surface area contributed by atoms with E-state index in [-0.39, 0.29) is 11.6 Å². The summed E-state index contributed by atoms with van der Waals surface area (Å²) in [5, 5.41) is 1.91. The lowest BCUT2D eigenvalue weighted by Crippen LogP contribution is -1.92. The molecule has 0 saturated carbocycles. The molecule has 0 spiro atoms. The fourth-order valence-electron chi connectivity index (χ4n) is 1.77. The third-order valence-electron chi connectivity index (χ3n) is 2.66. The molecule has 0 aliphatic heterocycles. The minimum Gasteiger partial charge on any atom is -0.295 e. The number of Topliss-reactive ketones (excluding diaryl/α,β-unsaturated/α-hetero) is 2. The molecule has 0 aliphatic rings. The summed E-state index contributed by atoms with van der Waals surface area (Å²) in [7, 11) is 0. The van der Waals surface area contributed by atoms with E-state index >= 15 is 0 Å². The molecule has 0 heterocycles. The van der Waals surface area contributed by atoms with Gasteiger partial charge in [0.05, 0.1) is 0 Å². The second-order valence-electron chi connectivity index (χ2n) is 4.10. The second-order valence-corrected chi connectivity index (χ2v) is 4.10. The molecule has 0 aliphatic carbocycles. The van der Waals surface area contributed by atoms with E-state index in [1.54, 1.807) is 13.0 Å². The minimum absolute atomic E-state index is 0.0390. The van der Waals surface area contributed by atoms with Gasteiger partial charge in [0.15, 0.2) is 5.78 Å². The molecule has 0 amide bonds. The highest BCUT2D eigenvalue weighted by Gasteiger charge is 2.03. The standard InChI is InChI=1S/C16H12O2/c1-11(17)6-7-13-4-3-5-15-10-14(12(2)18)8-9-16(13)15/h3-5,8-10H,1-2H3. The van der Waals surface area contributed by atoms with Crippen molar-refractivity contribution in [2.45, 2.75) is 13.8 Å². The number of hydrogen-bond donors (Lipinski definition) is 0. The Labute approximate surface area is 106 Å². The molecule has 2 rings (SSSR count). The van der Waals surface area contributed by atoms with Gasteiger partial charge in [-0.1, -0.05) is 30.2 Å². The maximum Gasteiger partial charge on any atom is 0.202 e. The summed E-state index contributed by atoms with van der Waals surface area (Å²) >= 11 is 0. The molecule has 2 aromatic rings. The maximum absolute atomic E-state index is 11.3. The lowest BCUT2D eigenvalue weighted by atomic mass is 10.0. The first-order valence-electron chi connectivity index (χ1n) is 5.64. The average Bonchev–Trinajstić information content (AvgIpc) is 2.35. The first-order valence-corrected chi connectivity index (χ1v) is 5.64. The van der Waals surface area contributed by atoms with Crippen molar-refractivity contribution in [3.8, 4) is 11.8 Å². The lowest BCUT2D eigenvalue weighted by molar-refractivity contribution is -0.111. The first-order chi connectivity index (χ1) is 8.58. The van der Waals surface area contributed by atoms with Crippen molar-refractivity contribution < 1.29 is 9.59 Å². The Morgan fingerprint density at radius 3 is 2.50 bits per heavy atom. The van der Waals surface area contributed by atoms with Crippen LogP contribution < -0.4 is 0 Å². The van der Waals surface area contributed by atoms with Gasteiger partial charge >= 0.3 is 0 Å².